The van der Waals surface area contributed by atoms with Crippen molar-refractivity contribution in [1.29, 1.82) is 0 Å². The molecular formula is C11H15N3O2. The summed E-state index contributed by atoms with van der Waals surface area (Å²) in [6.45, 7) is 2.34. The zero-order valence-electron chi connectivity index (χ0n) is 8.98. The predicted octanol–water partition coefficient (Wildman–Crippen LogP) is 0.0590. The number of carbonyl (C=O) groups is 1. The molecule has 2 rings (SSSR count). The van der Waals surface area contributed by atoms with Crippen LogP contribution in [-0.2, 0) is 11.3 Å². The van der Waals surface area contributed by atoms with Crippen molar-refractivity contribution in [2.45, 2.75) is 19.0 Å². The van der Waals surface area contributed by atoms with Crippen LogP contribution in [0.25, 0.3) is 0 Å². The second-order valence-electron chi connectivity index (χ2n) is 3.86. The van der Waals surface area contributed by atoms with Gasteiger partial charge in [-0.05, 0) is 18.1 Å². The number of aromatic nitrogens is 1. The Morgan fingerprint density at radius 2 is 2.50 bits per heavy atom. The van der Waals surface area contributed by atoms with Crippen LogP contribution in [0, 0.1) is 0 Å². The van der Waals surface area contributed by atoms with Crippen LogP contribution in [-0.4, -0.2) is 30.1 Å². The van der Waals surface area contributed by atoms with E-state index < -0.39 is 5.91 Å². The van der Waals surface area contributed by atoms with Crippen molar-refractivity contribution in [2.75, 3.05) is 13.2 Å². The lowest BCUT2D eigenvalue weighted by molar-refractivity contribution is 0.0995. The molecule has 1 aromatic heterocycles. The predicted molar refractivity (Wildman–Crippen MR) is 58.8 cm³/mol. The first-order valence-electron chi connectivity index (χ1n) is 5.31. The maximum atomic E-state index is 10.8. The van der Waals surface area contributed by atoms with Crippen molar-refractivity contribution in [1.82, 2.24) is 10.3 Å². The second-order valence-corrected chi connectivity index (χ2v) is 3.86. The number of hydrogen-bond donors (Lipinski definition) is 2. The van der Waals surface area contributed by atoms with Gasteiger partial charge in [-0.3, -0.25) is 9.78 Å². The van der Waals surface area contributed by atoms with Gasteiger partial charge in [0.05, 0.1) is 6.61 Å². The fourth-order valence-electron chi connectivity index (χ4n) is 1.63. The highest BCUT2D eigenvalue weighted by atomic mass is 16.5. The molecule has 1 fully saturated rings. The van der Waals surface area contributed by atoms with Crippen molar-refractivity contribution in [3.8, 4) is 0 Å². The van der Waals surface area contributed by atoms with Crippen LogP contribution in [0.1, 0.15) is 22.5 Å². The molecule has 1 aromatic rings. The molecule has 0 bridgehead atoms. The van der Waals surface area contributed by atoms with E-state index in [2.05, 4.69) is 10.3 Å². The fourth-order valence-corrected chi connectivity index (χ4v) is 1.63. The number of primary amides is 1. The Hall–Kier alpha value is -1.46. The van der Waals surface area contributed by atoms with Crippen LogP contribution in [0.5, 0.6) is 0 Å². The first-order valence-corrected chi connectivity index (χ1v) is 5.31. The van der Waals surface area contributed by atoms with Crippen molar-refractivity contribution >= 4 is 5.91 Å². The van der Waals surface area contributed by atoms with E-state index >= 15 is 0 Å². The highest BCUT2D eigenvalue weighted by Crippen LogP contribution is 2.05. The van der Waals surface area contributed by atoms with E-state index in [4.69, 9.17) is 10.5 Å². The zero-order valence-corrected chi connectivity index (χ0v) is 8.98. The van der Waals surface area contributed by atoms with E-state index in [0.29, 0.717) is 11.7 Å². The smallest absolute Gasteiger partial charge is 0.267 e. The summed E-state index contributed by atoms with van der Waals surface area (Å²) in [5.41, 5.74) is 6.44. The molecule has 3 N–H and O–H groups in total. The summed E-state index contributed by atoms with van der Waals surface area (Å²) in [7, 11) is 0. The van der Waals surface area contributed by atoms with Gasteiger partial charge in [0.1, 0.15) is 5.69 Å². The second kappa shape index (κ2) is 5.05. The van der Waals surface area contributed by atoms with Gasteiger partial charge in [-0.2, -0.15) is 0 Å². The third-order valence-electron chi connectivity index (χ3n) is 2.60. The lowest BCUT2D eigenvalue weighted by atomic mass is 10.2. The van der Waals surface area contributed by atoms with Crippen LogP contribution in [0.2, 0.25) is 0 Å². The molecule has 0 radical (unpaired) electrons. The van der Waals surface area contributed by atoms with Gasteiger partial charge in [0.2, 0.25) is 0 Å². The summed E-state index contributed by atoms with van der Waals surface area (Å²) in [4.78, 5) is 14.8. The summed E-state index contributed by atoms with van der Waals surface area (Å²) in [6, 6.07) is 3.93. The van der Waals surface area contributed by atoms with E-state index in [1.54, 1.807) is 12.3 Å². The molecule has 0 saturated carbocycles. The van der Waals surface area contributed by atoms with Crippen LogP contribution in [0.3, 0.4) is 0 Å². The standard InChI is InChI=1S/C11H15N3O2/c12-11(15)10-2-1-8(6-14-10)5-13-9-3-4-16-7-9/h1-2,6,9,13H,3-5,7H2,(H2,12,15). The van der Waals surface area contributed by atoms with Crippen LogP contribution in [0.4, 0.5) is 0 Å². The van der Waals surface area contributed by atoms with Gasteiger partial charge in [-0.25, -0.2) is 0 Å². The maximum absolute atomic E-state index is 10.8. The molecule has 1 aliphatic heterocycles. The first kappa shape index (κ1) is 11.0. The topological polar surface area (TPSA) is 77.2 Å². The molecule has 1 unspecified atom stereocenters. The summed E-state index contributed by atoms with van der Waals surface area (Å²) >= 11 is 0. The quantitative estimate of drug-likeness (QED) is 0.753. The molecule has 0 aliphatic carbocycles. The van der Waals surface area contributed by atoms with E-state index in [1.165, 1.54) is 0 Å². The maximum Gasteiger partial charge on any atom is 0.267 e. The third kappa shape index (κ3) is 2.77. The van der Waals surface area contributed by atoms with E-state index in [1.807, 2.05) is 6.07 Å². The molecule has 5 nitrogen and oxygen atoms in total. The molecule has 1 atom stereocenters. The number of amides is 1. The highest BCUT2D eigenvalue weighted by Gasteiger charge is 2.14. The van der Waals surface area contributed by atoms with Crippen molar-refractivity contribution in [2.24, 2.45) is 5.73 Å². The largest absolute Gasteiger partial charge is 0.380 e. The Morgan fingerprint density at radius 1 is 1.62 bits per heavy atom. The monoisotopic (exact) mass is 221 g/mol. The SMILES string of the molecule is NC(=O)c1ccc(CNC2CCOC2)cn1. The first-order chi connectivity index (χ1) is 7.75. The lowest BCUT2D eigenvalue weighted by Crippen LogP contribution is -2.28. The Kier molecular flexibility index (Phi) is 3.48. The molecule has 0 aromatic carbocycles. The highest BCUT2D eigenvalue weighted by molar-refractivity contribution is 5.90. The van der Waals surface area contributed by atoms with Gasteiger partial charge < -0.3 is 15.8 Å². The summed E-state index contributed by atoms with van der Waals surface area (Å²) in [6.07, 6.45) is 2.72. The molecule has 2 heterocycles. The number of nitrogens with two attached hydrogens (primary N) is 1. The fraction of sp³-hybridized carbons (Fsp3) is 0.455. The summed E-state index contributed by atoms with van der Waals surface area (Å²) in [5, 5.41) is 3.37. The molecular weight excluding hydrogens is 206 g/mol. The van der Waals surface area contributed by atoms with Crippen molar-refractivity contribution < 1.29 is 9.53 Å². The van der Waals surface area contributed by atoms with Crippen molar-refractivity contribution in [3.05, 3.63) is 29.6 Å². The van der Waals surface area contributed by atoms with Crippen LogP contribution < -0.4 is 11.1 Å². The minimum Gasteiger partial charge on any atom is -0.380 e. The Labute approximate surface area is 94.0 Å². The summed E-state index contributed by atoms with van der Waals surface area (Å²) in [5.74, 6) is -0.497. The molecule has 16 heavy (non-hydrogen) atoms. The molecule has 86 valence electrons. The van der Waals surface area contributed by atoms with Gasteiger partial charge in [0.25, 0.3) is 5.91 Å². The van der Waals surface area contributed by atoms with Gasteiger partial charge in [-0.15, -0.1) is 0 Å². The Balaban J connectivity index is 1.87. The third-order valence-corrected chi connectivity index (χ3v) is 2.60. The minimum atomic E-state index is -0.497. The van der Waals surface area contributed by atoms with Crippen LogP contribution in [0.15, 0.2) is 18.3 Å². The van der Waals surface area contributed by atoms with Crippen molar-refractivity contribution in [3.63, 3.8) is 0 Å². The van der Waals surface area contributed by atoms with Gasteiger partial charge in [0.15, 0.2) is 0 Å². The number of nitrogens with zero attached hydrogens (tertiary/aromatic N) is 1. The van der Waals surface area contributed by atoms with Crippen LogP contribution >= 0.6 is 0 Å². The lowest BCUT2D eigenvalue weighted by Gasteiger charge is -2.09. The molecule has 0 spiro atoms. The van der Waals surface area contributed by atoms with E-state index in [-0.39, 0.29) is 0 Å². The minimum absolute atomic E-state index is 0.299. The van der Waals surface area contributed by atoms with Gasteiger partial charge in [-0.1, -0.05) is 6.07 Å². The van der Waals surface area contributed by atoms with Gasteiger partial charge in [0, 0.05) is 25.4 Å². The molecule has 1 aliphatic rings. The Bertz CT molecular complexity index is 358. The van der Waals surface area contributed by atoms with E-state index in [0.717, 1.165) is 31.7 Å². The number of carbonyl (C=O) groups excluding carboxylic acids is 1. The average molecular weight is 221 g/mol. The number of rotatable bonds is 4. The molecule has 1 amide bonds. The Morgan fingerprint density at radius 3 is 3.06 bits per heavy atom. The summed E-state index contributed by atoms with van der Waals surface area (Å²) < 4.78 is 5.26. The number of nitrogens with one attached hydrogen (secondary N) is 1. The zero-order chi connectivity index (χ0) is 11.4. The molecule has 5 heteroatoms. The number of hydrogen-bond acceptors (Lipinski definition) is 4. The number of pyridine rings is 1. The number of ether oxygens (including phenoxy) is 1. The van der Waals surface area contributed by atoms with E-state index in [9.17, 15) is 4.79 Å². The normalized spacial score (nSPS) is 19.9. The molecule has 1 saturated heterocycles. The van der Waals surface area contributed by atoms with Gasteiger partial charge >= 0.3 is 0 Å². The average Bonchev–Trinajstić information content (AvgIpc) is 2.80.